The van der Waals surface area contributed by atoms with E-state index in [0.717, 1.165) is 6.42 Å². The zero-order valence-corrected chi connectivity index (χ0v) is 12.6. The highest BCUT2D eigenvalue weighted by Crippen LogP contribution is 2.27. The predicted molar refractivity (Wildman–Crippen MR) is 77.9 cm³/mol. The largest absolute Gasteiger partial charge is 0.474 e. The SMILES string of the molecule is CCC(C)Nc1nc(COC)nc(OCCOC)c1N. The number of nitrogens with zero attached hydrogens (tertiary/aromatic N) is 2. The summed E-state index contributed by atoms with van der Waals surface area (Å²) in [6.07, 6.45) is 0.961. The molecule has 7 heteroatoms. The van der Waals surface area contributed by atoms with E-state index in [1.54, 1.807) is 14.2 Å². The van der Waals surface area contributed by atoms with Crippen LogP contribution in [0.2, 0.25) is 0 Å². The molecule has 0 bridgehead atoms. The van der Waals surface area contributed by atoms with Crippen LogP contribution in [0.3, 0.4) is 0 Å². The van der Waals surface area contributed by atoms with Gasteiger partial charge in [0.05, 0.1) is 6.61 Å². The van der Waals surface area contributed by atoms with Gasteiger partial charge < -0.3 is 25.3 Å². The summed E-state index contributed by atoms with van der Waals surface area (Å²) in [5, 5.41) is 3.25. The first kappa shape index (κ1) is 16.5. The summed E-state index contributed by atoms with van der Waals surface area (Å²) in [5.41, 5.74) is 6.44. The number of ether oxygens (including phenoxy) is 3. The average Bonchev–Trinajstić information content (AvgIpc) is 2.43. The zero-order valence-electron chi connectivity index (χ0n) is 12.6. The third-order valence-corrected chi connectivity index (χ3v) is 2.75. The van der Waals surface area contributed by atoms with E-state index in [2.05, 4.69) is 29.1 Å². The van der Waals surface area contributed by atoms with Crippen LogP contribution in [0.15, 0.2) is 0 Å². The van der Waals surface area contributed by atoms with E-state index < -0.39 is 0 Å². The summed E-state index contributed by atoms with van der Waals surface area (Å²) in [7, 11) is 3.20. The van der Waals surface area contributed by atoms with Crippen LogP contribution in [0.1, 0.15) is 26.1 Å². The lowest BCUT2D eigenvalue weighted by molar-refractivity contribution is 0.142. The lowest BCUT2D eigenvalue weighted by Crippen LogP contribution is -2.18. The first-order chi connectivity index (χ1) is 9.62. The number of hydrogen-bond acceptors (Lipinski definition) is 7. The Bertz CT molecular complexity index is 415. The van der Waals surface area contributed by atoms with Crippen molar-refractivity contribution in [2.24, 2.45) is 0 Å². The summed E-state index contributed by atoms with van der Waals surface area (Å²) in [4.78, 5) is 8.60. The Kier molecular flexibility index (Phi) is 7.03. The number of anilines is 2. The molecule has 20 heavy (non-hydrogen) atoms. The lowest BCUT2D eigenvalue weighted by atomic mass is 10.2. The Balaban J connectivity index is 2.95. The fraction of sp³-hybridized carbons (Fsp3) is 0.692. The summed E-state index contributed by atoms with van der Waals surface area (Å²) in [5.74, 6) is 1.46. The van der Waals surface area contributed by atoms with E-state index in [-0.39, 0.29) is 6.04 Å². The quantitative estimate of drug-likeness (QED) is 0.663. The molecule has 0 aliphatic heterocycles. The minimum Gasteiger partial charge on any atom is -0.474 e. The van der Waals surface area contributed by atoms with Gasteiger partial charge in [0.15, 0.2) is 11.6 Å². The number of nitrogens with one attached hydrogen (secondary N) is 1. The molecule has 0 aliphatic carbocycles. The molecule has 1 aromatic rings. The van der Waals surface area contributed by atoms with Gasteiger partial charge in [0, 0.05) is 20.3 Å². The molecule has 1 heterocycles. The maximum atomic E-state index is 6.04. The van der Waals surface area contributed by atoms with Gasteiger partial charge >= 0.3 is 0 Å². The lowest BCUT2D eigenvalue weighted by Gasteiger charge is -2.17. The van der Waals surface area contributed by atoms with Crippen molar-refractivity contribution in [3.8, 4) is 5.88 Å². The van der Waals surface area contributed by atoms with Gasteiger partial charge in [-0.1, -0.05) is 6.92 Å². The van der Waals surface area contributed by atoms with Gasteiger partial charge in [-0.2, -0.15) is 4.98 Å². The van der Waals surface area contributed by atoms with E-state index in [4.69, 9.17) is 19.9 Å². The Morgan fingerprint density at radius 1 is 1.20 bits per heavy atom. The molecular weight excluding hydrogens is 260 g/mol. The molecule has 1 rings (SSSR count). The third-order valence-electron chi connectivity index (χ3n) is 2.75. The molecule has 3 N–H and O–H groups in total. The number of nitrogens with two attached hydrogens (primary N) is 1. The van der Waals surface area contributed by atoms with Gasteiger partial charge in [0.25, 0.3) is 0 Å². The van der Waals surface area contributed by atoms with Gasteiger partial charge in [0.2, 0.25) is 5.88 Å². The summed E-state index contributed by atoms with van der Waals surface area (Å²) >= 11 is 0. The molecule has 0 fully saturated rings. The van der Waals surface area contributed by atoms with Crippen LogP contribution in [-0.4, -0.2) is 43.4 Å². The molecule has 0 saturated carbocycles. The van der Waals surface area contributed by atoms with Crippen molar-refractivity contribution in [1.82, 2.24) is 9.97 Å². The normalized spacial score (nSPS) is 12.2. The van der Waals surface area contributed by atoms with Gasteiger partial charge in [0.1, 0.15) is 18.9 Å². The monoisotopic (exact) mass is 284 g/mol. The van der Waals surface area contributed by atoms with Crippen molar-refractivity contribution in [2.45, 2.75) is 32.9 Å². The number of rotatable bonds is 9. The van der Waals surface area contributed by atoms with Crippen molar-refractivity contribution < 1.29 is 14.2 Å². The molecule has 1 aromatic heterocycles. The second-order valence-electron chi connectivity index (χ2n) is 4.44. The van der Waals surface area contributed by atoms with Crippen LogP contribution in [0.25, 0.3) is 0 Å². The van der Waals surface area contributed by atoms with Crippen molar-refractivity contribution in [3.63, 3.8) is 0 Å². The molecule has 1 unspecified atom stereocenters. The van der Waals surface area contributed by atoms with Crippen molar-refractivity contribution >= 4 is 11.5 Å². The number of methoxy groups -OCH3 is 2. The number of nitrogen functional groups attached to an aromatic ring is 1. The minimum absolute atomic E-state index is 0.259. The van der Waals surface area contributed by atoms with Crippen LogP contribution in [0.5, 0.6) is 5.88 Å². The zero-order chi connectivity index (χ0) is 15.0. The van der Waals surface area contributed by atoms with Crippen LogP contribution >= 0.6 is 0 Å². The molecule has 0 saturated heterocycles. The maximum absolute atomic E-state index is 6.04. The smallest absolute Gasteiger partial charge is 0.243 e. The standard InChI is InChI=1S/C13H24N4O3/c1-5-9(2)15-12-11(14)13(20-7-6-18-3)17-10(16-12)8-19-4/h9H,5-8,14H2,1-4H3,(H,15,16,17). The highest BCUT2D eigenvalue weighted by Gasteiger charge is 2.14. The Morgan fingerprint density at radius 3 is 2.55 bits per heavy atom. The van der Waals surface area contributed by atoms with E-state index in [0.29, 0.717) is 43.0 Å². The first-order valence-electron chi connectivity index (χ1n) is 6.65. The second-order valence-corrected chi connectivity index (χ2v) is 4.44. The van der Waals surface area contributed by atoms with Crippen LogP contribution in [0.4, 0.5) is 11.5 Å². The third kappa shape index (κ3) is 4.82. The van der Waals surface area contributed by atoms with Crippen molar-refractivity contribution in [2.75, 3.05) is 38.5 Å². The molecule has 0 spiro atoms. The van der Waals surface area contributed by atoms with Crippen LogP contribution in [0, 0.1) is 0 Å². The summed E-state index contributed by atoms with van der Waals surface area (Å²) < 4.78 is 15.5. The highest BCUT2D eigenvalue weighted by molar-refractivity contribution is 5.67. The van der Waals surface area contributed by atoms with Gasteiger partial charge in [-0.25, -0.2) is 4.98 Å². The molecule has 0 radical (unpaired) electrons. The van der Waals surface area contributed by atoms with Gasteiger partial charge in [-0.05, 0) is 13.3 Å². The predicted octanol–water partition coefficient (Wildman–Crippen LogP) is 1.44. The van der Waals surface area contributed by atoms with E-state index >= 15 is 0 Å². The van der Waals surface area contributed by atoms with Crippen molar-refractivity contribution in [1.29, 1.82) is 0 Å². The van der Waals surface area contributed by atoms with E-state index in [1.165, 1.54) is 0 Å². The molecule has 1 atom stereocenters. The topological polar surface area (TPSA) is 91.5 Å². The molecular formula is C13H24N4O3. The average molecular weight is 284 g/mol. The Labute approximate surface area is 119 Å². The molecule has 0 amide bonds. The Hall–Kier alpha value is -1.60. The fourth-order valence-corrected chi connectivity index (χ4v) is 1.46. The summed E-state index contributed by atoms with van der Waals surface area (Å²) in [6, 6.07) is 0.259. The first-order valence-corrected chi connectivity index (χ1v) is 6.65. The van der Waals surface area contributed by atoms with Crippen LogP contribution in [-0.2, 0) is 16.1 Å². The van der Waals surface area contributed by atoms with Gasteiger partial charge in [-0.15, -0.1) is 0 Å². The van der Waals surface area contributed by atoms with Crippen molar-refractivity contribution in [3.05, 3.63) is 5.82 Å². The van der Waals surface area contributed by atoms with E-state index in [1.807, 2.05) is 0 Å². The summed E-state index contributed by atoms with van der Waals surface area (Å²) in [6.45, 7) is 5.30. The maximum Gasteiger partial charge on any atom is 0.243 e. The molecule has 0 aromatic carbocycles. The van der Waals surface area contributed by atoms with Crippen LogP contribution < -0.4 is 15.8 Å². The van der Waals surface area contributed by atoms with Gasteiger partial charge in [-0.3, -0.25) is 0 Å². The van der Waals surface area contributed by atoms with E-state index in [9.17, 15) is 0 Å². The fourth-order valence-electron chi connectivity index (χ4n) is 1.46. The highest BCUT2D eigenvalue weighted by atomic mass is 16.5. The molecule has 7 nitrogen and oxygen atoms in total. The number of aromatic nitrogens is 2. The second kappa shape index (κ2) is 8.55. The number of hydrogen-bond donors (Lipinski definition) is 2. The molecule has 0 aliphatic rings. The Morgan fingerprint density at radius 2 is 1.95 bits per heavy atom. The minimum atomic E-state index is 0.259. The molecule has 114 valence electrons.